The van der Waals surface area contributed by atoms with Crippen LogP contribution in [0, 0.1) is 0 Å². The Labute approximate surface area is 95.9 Å². The quantitative estimate of drug-likeness (QED) is 0.765. The highest BCUT2D eigenvalue weighted by Gasteiger charge is 2.22. The molecule has 1 atom stereocenters. The molecule has 1 aromatic rings. The van der Waals surface area contributed by atoms with Crippen molar-refractivity contribution in [2.75, 3.05) is 26.3 Å². The molecular formula is C9H12BrN3O2. The van der Waals surface area contributed by atoms with Gasteiger partial charge in [-0.3, -0.25) is 9.89 Å². The van der Waals surface area contributed by atoms with E-state index < -0.39 is 0 Å². The molecule has 1 N–H and O–H groups in total. The third-order valence-electron chi connectivity index (χ3n) is 2.26. The Hall–Kier alpha value is -0.880. The molecule has 1 aliphatic heterocycles. The molecule has 1 aromatic heterocycles. The van der Waals surface area contributed by atoms with Gasteiger partial charge in [-0.15, -0.1) is 0 Å². The van der Waals surface area contributed by atoms with Crippen molar-refractivity contribution in [2.24, 2.45) is 0 Å². The molecule has 15 heavy (non-hydrogen) atoms. The smallest absolute Gasteiger partial charge is 0.257 e. The summed E-state index contributed by atoms with van der Waals surface area (Å²) in [5.41, 5.74) is 0.594. The molecule has 0 saturated carbocycles. The van der Waals surface area contributed by atoms with Crippen LogP contribution in [0.5, 0.6) is 0 Å². The number of aromatic nitrogens is 2. The van der Waals surface area contributed by atoms with Crippen LogP contribution in [0.3, 0.4) is 0 Å². The van der Waals surface area contributed by atoms with Crippen LogP contribution in [-0.2, 0) is 4.74 Å². The van der Waals surface area contributed by atoms with Crippen molar-refractivity contribution < 1.29 is 9.53 Å². The minimum Gasteiger partial charge on any atom is -0.378 e. The Morgan fingerprint density at radius 2 is 2.60 bits per heavy atom. The van der Waals surface area contributed by atoms with E-state index in [0.717, 1.165) is 0 Å². The highest BCUT2D eigenvalue weighted by molar-refractivity contribution is 9.09. The zero-order valence-corrected chi connectivity index (χ0v) is 9.74. The molecule has 5 nitrogen and oxygen atoms in total. The van der Waals surface area contributed by atoms with Gasteiger partial charge in [0.05, 0.1) is 29.8 Å². The molecule has 2 heterocycles. The molecule has 1 amide bonds. The first-order valence-electron chi connectivity index (χ1n) is 4.77. The van der Waals surface area contributed by atoms with E-state index in [2.05, 4.69) is 26.1 Å². The SMILES string of the molecule is O=C(c1cn[nH]c1)N1CCOCC(Br)C1. The fraction of sp³-hybridized carbons (Fsp3) is 0.556. The van der Waals surface area contributed by atoms with Crippen LogP contribution in [0.4, 0.5) is 0 Å². The number of carbonyl (C=O) groups is 1. The summed E-state index contributed by atoms with van der Waals surface area (Å²) in [6.07, 6.45) is 3.15. The fourth-order valence-electron chi connectivity index (χ4n) is 1.50. The molecule has 0 radical (unpaired) electrons. The molecule has 1 aliphatic rings. The molecule has 2 rings (SSSR count). The molecule has 1 fully saturated rings. The summed E-state index contributed by atoms with van der Waals surface area (Å²) in [6.45, 7) is 2.54. The number of amides is 1. The summed E-state index contributed by atoms with van der Waals surface area (Å²) in [4.78, 5) is 13.9. The van der Waals surface area contributed by atoms with Gasteiger partial charge in [-0.2, -0.15) is 5.10 Å². The van der Waals surface area contributed by atoms with Gasteiger partial charge in [0.1, 0.15) is 0 Å². The second-order valence-electron chi connectivity index (χ2n) is 3.41. The van der Waals surface area contributed by atoms with Crippen molar-refractivity contribution in [3.63, 3.8) is 0 Å². The monoisotopic (exact) mass is 273 g/mol. The average Bonchev–Trinajstić information content (AvgIpc) is 2.67. The predicted molar refractivity (Wildman–Crippen MR) is 58.0 cm³/mol. The Kier molecular flexibility index (Phi) is 3.37. The van der Waals surface area contributed by atoms with Crippen LogP contribution in [-0.4, -0.2) is 52.1 Å². The van der Waals surface area contributed by atoms with Gasteiger partial charge in [0.15, 0.2) is 0 Å². The first-order chi connectivity index (χ1) is 7.27. The van der Waals surface area contributed by atoms with Crippen LogP contribution in [0.25, 0.3) is 0 Å². The number of halogens is 1. The molecule has 82 valence electrons. The molecular weight excluding hydrogens is 262 g/mol. The van der Waals surface area contributed by atoms with Crippen molar-refractivity contribution in [1.29, 1.82) is 0 Å². The molecule has 0 aliphatic carbocycles. The maximum Gasteiger partial charge on any atom is 0.257 e. The predicted octanol–water partition coefficient (Wildman–Crippen LogP) is 0.646. The maximum absolute atomic E-state index is 11.9. The van der Waals surface area contributed by atoms with Crippen LogP contribution < -0.4 is 0 Å². The second kappa shape index (κ2) is 4.76. The standard InChI is InChI=1S/C9H12BrN3O2/c10-8-5-13(1-2-15-6-8)9(14)7-3-11-12-4-7/h3-4,8H,1-2,5-6H2,(H,11,12). The van der Waals surface area contributed by atoms with E-state index in [9.17, 15) is 4.79 Å². The highest BCUT2D eigenvalue weighted by Crippen LogP contribution is 2.11. The number of alkyl halides is 1. The van der Waals surface area contributed by atoms with E-state index >= 15 is 0 Å². The van der Waals surface area contributed by atoms with E-state index in [4.69, 9.17) is 4.74 Å². The van der Waals surface area contributed by atoms with E-state index in [1.165, 1.54) is 6.20 Å². The lowest BCUT2D eigenvalue weighted by molar-refractivity contribution is 0.0741. The van der Waals surface area contributed by atoms with E-state index in [1.54, 1.807) is 11.1 Å². The normalized spacial score (nSPS) is 22.5. The molecule has 0 aromatic carbocycles. The lowest BCUT2D eigenvalue weighted by Crippen LogP contribution is -2.35. The number of nitrogens with one attached hydrogen (secondary N) is 1. The average molecular weight is 274 g/mol. The lowest BCUT2D eigenvalue weighted by Gasteiger charge is -2.20. The van der Waals surface area contributed by atoms with Crippen molar-refractivity contribution in [3.8, 4) is 0 Å². The van der Waals surface area contributed by atoms with Gasteiger partial charge >= 0.3 is 0 Å². The summed E-state index contributed by atoms with van der Waals surface area (Å²) in [5, 5.41) is 6.40. The first kappa shape index (κ1) is 10.6. The van der Waals surface area contributed by atoms with Gasteiger partial charge in [0, 0.05) is 19.3 Å². The van der Waals surface area contributed by atoms with Gasteiger partial charge in [-0.25, -0.2) is 0 Å². The third-order valence-corrected chi connectivity index (χ3v) is 2.81. The number of H-pyrrole nitrogens is 1. The number of hydrogen-bond donors (Lipinski definition) is 1. The first-order valence-corrected chi connectivity index (χ1v) is 5.69. The minimum atomic E-state index is -0.00120. The van der Waals surface area contributed by atoms with E-state index in [0.29, 0.717) is 31.9 Å². The van der Waals surface area contributed by atoms with Gasteiger partial charge in [0.2, 0.25) is 0 Å². The third kappa shape index (κ3) is 2.57. The number of hydrogen-bond acceptors (Lipinski definition) is 3. The summed E-state index contributed by atoms with van der Waals surface area (Å²) >= 11 is 3.47. The Bertz CT molecular complexity index is 328. The number of carbonyl (C=O) groups excluding carboxylic acids is 1. The number of aromatic amines is 1. The van der Waals surface area contributed by atoms with Crippen molar-refractivity contribution >= 4 is 21.8 Å². The molecule has 1 saturated heterocycles. The summed E-state index contributed by atoms with van der Waals surface area (Å²) in [6, 6.07) is 0. The molecule has 0 spiro atoms. The van der Waals surface area contributed by atoms with Crippen LogP contribution >= 0.6 is 15.9 Å². The van der Waals surface area contributed by atoms with Crippen molar-refractivity contribution in [3.05, 3.63) is 18.0 Å². The summed E-state index contributed by atoms with van der Waals surface area (Å²) < 4.78 is 5.34. The fourth-order valence-corrected chi connectivity index (χ4v) is 2.04. The van der Waals surface area contributed by atoms with Crippen molar-refractivity contribution in [1.82, 2.24) is 15.1 Å². The van der Waals surface area contributed by atoms with E-state index in [-0.39, 0.29) is 10.7 Å². The minimum absolute atomic E-state index is 0.00120. The van der Waals surface area contributed by atoms with Crippen LogP contribution in [0.1, 0.15) is 10.4 Å². The van der Waals surface area contributed by atoms with Crippen LogP contribution in [0.2, 0.25) is 0 Å². The van der Waals surface area contributed by atoms with Gasteiger partial charge < -0.3 is 9.64 Å². The van der Waals surface area contributed by atoms with Gasteiger partial charge in [-0.1, -0.05) is 15.9 Å². The van der Waals surface area contributed by atoms with Gasteiger partial charge in [-0.05, 0) is 0 Å². The second-order valence-corrected chi connectivity index (χ2v) is 4.71. The number of rotatable bonds is 1. The highest BCUT2D eigenvalue weighted by atomic mass is 79.9. The number of ether oxygens (including phenoxy) is 1. The summed E-state index contributed by atoms with van der Waals surface area (Å²) in [7, 11) is 0. The molecule has 1 unspecified atom stereocenters. The topological polar surface area (TPSA) is 58.2 Å². The van der Waals surface area contributed by atoms with Crippen molar-refractivity contribution in [2.45, 2.75) is 4.83 Å². The molecule has 6 heteroatoms. The zero-order valence-electron chi connectivity index (χ0n) is 8.15. The molecule has 0 bridgehead atoms. The van der Waals surface area contributed by atoms with Gasteiger partial charge in [0.25, 0.3) is 5.91 Å². The largest absolute Gasteiger partial charge is 0.378 e. The Morgan fingerprint density at radius 3 is 3.33 bits per heavy atom. The maximum atomic E-state index is 11.9. The number of nitrogens with zero attached hydrogens (tertiary/aromatic N) is 2. The Balaban J connectivity index is 2.06. The lowest BCUT2D eigenvalue weighted by atomic mass is 10.3. The Morgan fingerprint density at radius 1 is 1.73 bits per heavy atom. The van der Waals surface area contributed by atoms with Crippen LogP contribution in [0.15, 0.2) is 12.4 Å². The zero-order chi connectivity index (χ0) is 10.7. The summed E-state index contributed by atoms with van der Waals surface area (Å²) in [5.74, 6) is -0.00120. The van der Waals surface area contributed by atoms with E-state index in [1.807, 2.05) is 0 Å².